The molecule has 2 N–H and O–H groups in total. The molecule has 1 aromatic carbocycles. The van der Waals surface area contributed by atoms with Crippen molar-refractivity contribution < 1.29 is 0 Å². The van der Waals surface area contributed by atoms with Gasteiger partial charge in [-0.25, -0.2) is 0 Å². The summed E-state index contributed by atoms with van der Waals surface area (Å²) in [6.45, 7) is 1.91. The van der Waals surface area contributed by atoms with Crippen LogP contribution in [0.15, 0.2) is 58.7 Å². The lowest BCUT2D eigenvalue weighted by Crippen LogP contribution is -2.06. The maximum absolute atomic E-state index is 5.79. The van der Waals surface area contributed by atoms with Gasteiger partial charge in [0, 0.05) is 17.1 Å². The average molecular weight is 298 g/mol. The van der Waals surface area contributed by atoms with E-state index in [0.717, 1.165) is 16.3 Å². The van der Waals surface area contributed by atoms with Crippen molar-refractivity contribution in [1.82, 2.24) is 25.2 Å². The van der Waals surface area contributed by atoms with E-state index in [0.29, 0.717) is 5.16 Å². The lowest BCUT2D eigenvalue weighted by molar-refractivity contribution is 0.756. The fraction of sp³-hybridized carbons (Fsp3) is 0.143. The first-order chi connectivity index (χ1) is 10.2. The van der Waals surface area contributed by atoms with Crippen LogP contribution in [-0.2, 0) is 0 Å². The van der Waals surface area contributed by atoms with Crippen molar-refractivity contribution in [2.24, 2.45) is 5.73 Å². The molecule has 6 nitrogen and oxygen atoms in total. The van der Waals surface area contributed by atoms with Gasteiger partial charge in [-0.2, -0.15) is 4.68 Å². The number of pyridine rings is 1. The second-order valence-electron chi connectivity index (χ2n) is 4.52. The van der Waals surface area contributed by atoms with Gasteiger partial charge in [-0.15, -0.1) is 5.10 Å². The maximum Gasteiger partial charge on any atom is 0.218 e. The molecular formula is C14H14N6S. The van der Waals surface area contributed by atoms with Crippen LogP contribution in [-0.4, -0.2) is 25.2 Å². The van der Waals surface area contributed by atoms with Gasteiger partial charge in [0.2, 0.25) is 5.16 Å². The molecule has 106 valence electrons. The lowest BCUT2D eigenvalue weighted by atomic mass is 10.2. The van der Waals surface area contributed by atoms with Crippen molar-refractivity contribution in [3.8, 4) is 5.69 Å². The molecule has 0 amide bonds. The molecule has 0 saturated carbocycles. The molecule has 1 unspecified atom stereocenters. The van der Waals surface area contributed by atoms with Crippen LogP contribution in [0.2, 0.25) is 0 Å². The summed E-state index contributed by atoms with van der Waals surface area (Å²) in [5, 5.41) is 12.5. The Bertz CT molecular complexity index is 708. The summed E-state index contributed by atoms with van der Waals surface area (Å²) in [7, 11) is 0. The van der Waals surface area contributed by atoms with Gasteiger partial charge in [-0.3, -0.25) is 4.98 Å². The predicted molar refractivity (Wildman–Crippen MR) is 80.1 cm³/mol. The Hall–Kier alpha value is -2.25. The molecule has 0 saturated heterocycles. The Morgan fingerprint density at radius 3 is 2.62 bits per heavy atom. The van der Waals surface area contributed by atoms with E-state index in [1.807, 2.05) is 49.4 Å². The van der Waals surface area contributed by atoms with Gasteiger partial charge in [-0.05, 0) is 53.4 Å². The highest BCUT2D eigenvalue weighted by Gasteiger charge is 2.10. The number of benzene rings is 1. The number of tetrazole rings is 1. The number of aromatic nitrogens is 5. The summed E-state index contributed by atoms with van der Waals surface area (Å²) in [5.74, 6) is 0. The van der Waals surface area contributed by atoms with E-state index in [1.165, 1.54) is 11.8 Å². The van der Waals surface area contributed by atoms with E-state index < -0.39 is 0 Å². The molecule has 2 aromatic heterocycles. The largest absolute Gasteiger partial charge is 0.323 e. The van der Waals surface area contributed by atoms with Gasteiger partial charge < -0.3 is 5.73 Å². The van der Waals surface area contributed by atoms with Crippen LogP contribution in [0.1, 0.15) is 18.7 Å². The zero-order chi connectivity index (χ0) is 14.7. The molecular weight excluding hydrogens is 284 g/mol. The maximum atomic E-state index is 5.79. The van der Waals surface area contributed by atoms with Crippen molar-refractivity contribution in [3.63, 3.8) is 0 Å². The second kappa shape index (κ2) is 6.02. The fourth-order valence-corrected chi connectivity index (χ4v) is 2.56. The lowest BCUT2D eigenvalue weighted by Gasteiger charge is -2.06. The number of hydrogen-bond acceptors (Lipinski definition) is 6. The Morgan fingerprint density at radius 1 is 1.14 bits per heavy atom. The van der Waals surface area contributed by atoms with Gasteiger partial charge in [0.15, 0.2) is 0 Å². The van der Waals surface area contributed by atoms with E-state index in [-0.39, 0.29) is 6.04 Å². The third kappa shape index (κ3) is 3.09. The van der Waals surface area contributed by atoms with Crippen molar-refractivity contribution in [2.75, 3.05) is 0 Å². The van der Waals surface area contributed by atoms with E-state index in [9.17, 15) is 0 Å². The van der Waals surface area contributed by atoms with Crippen LogP contribution < -0.4 is 5.73 Å². The van der Waals surface area contributed by atoms with Crippen LogP contribution in [0.4, 0.5) is 0 Å². The number of hydrogen-bond donors (Lipinski definition) is 1. The number of nitrogens with two attached hydrogens (primary N) is 1. The molecule has 0 radical (unpaired) electrons. The summed E-state index contributed by atoms with van der Waals surface area (Å²) in [5.41, 5.74) is 7.58. The number of rotatable bonds is 4. The standard InChI is InChI=1S/C14H14N6S/c1-10(15)13-8-7-12(9-16-13)21-14-17-18-19-20(14)11-5-3-2-4-6-11/h2-10H,15H2,1H3. The topological polar surface area (TPSA) is 82.5 Å². The number of para-hydroxylation sites is 1. The highest BCUT2D eigenvalue weighted by atomic mass is 32.2. The molecule has 2 heterocycles. The Balaban J connectivity index is 1.84. The predicted octanol–water partition coefficient (Wildman–Crippen LogP) is 2.23. The summed E-state index contributed by atoms with van der Waals surface area (Å²) in [6, 6.07) is 13.6. The van der Waals surface area contributed by atoms with Gasteiger partial charge in [0.1, 0.15) is 0 Å². The Labute approximate surface area is 126 Å². The quantitative estimate of drug-likeness (QED) is 0.795. The van der Waals surface area contributed by atoms with Crippen molar-refractivity contribution >= 4 is 11.8 Å². The van der Waals surface area contributed by atoms with E-state index in [4.69, 9.17) is 5.73 Å². The molecule has 1 atom stereocenters. The van der Waals surface area contributed by atoms with Crippen LogP contribution in [0.5, 0.6) is 0 Å². The SMILES string of the molecule is CC(N)c1ccc(Sc2nnnn2-c2ccccc2)cn1. The zero-order valence-electron chi connectivity index (χ0n) is 11.4. The van der Waals surface area contributed by atoms with E-state index in [1.54, 1.807) is 10.9 Å². The second-order valence-corrected chi connectivity index (χ2v) is 5.56. The van der Waals surface area contributed by atoms with Gasteiger partial charge in [-0.1, -0.05) is 18.2 Å². The van der Waals surface area contributed by atoms with E-state index in [2.05, 4.69) is 20.5 Å². The molecule has 0 fully saturated rings. The summed E-state index contributed by atoms with van der Waals surface area (Å²) in [6.07, 6.45) is 1.79. The summed E-state index contributed by atoms with van der Waals surface area (Å²) in [4.78, 5) is 5.30. The minimum absolute atomic E-state index is 0.0707. The summed E-state index contributed by atoms with van der Waals surface area (Å²) < 4.78 is 1.70. The van der Waals surface area contributed by atoms with Crippen LogP contribution >= 0.6 is 11.8 Å². The van der Waals surface area contributed by atoms with Gasteiger partial charge in [0.25, 0.3) is 0 Å². The normalized spacial score (nSPS) is 12.3. The first kappa shape index (κ1) is 13.7. The molecule has 0 aliphatic carbocycles. The third-order valence-corrected chi connectivity index (χ3v) is 3.79. The molecule has 0 aliphatic rings. The molecule has 21 heavy (non-hydrogen) atoms. The Kier molecular flexibility index (Phi) is 3.94. The molecule has 7 heteroatoms. The molecule has 0 aliphatic heterocycles. The zero-order valence-corrected chi connectivity index (χ0v) is 12.2. The fourth-order valence-electron chi connectivity index (χ4n) is 1.80. The van der Waals surface area contributed by atoms with Gasteiger partial charge >= 0.3 is 0 Å². The Morgan fingerprint density at radius 2 is 1.95 bits per heavy atom. The molecule has 3 aromatic rings. The van der Waals surface area contributed by atoms with Crippen LogP contribution in [0.3, 0.4) is 0 Å². The third-order valence-electron chi connectivity index (χ3n) is 2.88. The highest BCUT2D eigenvalue weighted by Crippen LogP contribution is 2.26. The van der Waals surface area contributed by atoms with Crippen LogP contribution in [0, 0.1) is 0 Å². The molecule has 0 spiro atoms. The first-order valence-corrected chi connectivity index (χ1v) is 7.29. The first-order valence-electron chi connectivity index (χ1n) is 6.47. The minimum atomic E-state index is -0.0707. The minimum Gasteiger partial charge on any atom is -0.323 e. The monoisotopic (exact) mass is 298 g/mol. The average Bonchev–Trinajstić information content (AvgIpc) is 2.97. The van der Waals surface area contributed by atoms with Gasteiger partial charge in [0.05, 0.1) is 11.4 Å². The highest BCUT2D eigenvalue weighted by molar-refractivity contribution is 7.99. The smallest absolute Gasteiger partial charge is 0.218 e. The van der Waals surface area contributed by atoms with Crippen LogP contribution in [0.25, 0.3) is 5.69 Å². The van der Waals surface area contributed by atoms with Crippen molar-refractivity contribution in [1.29, 1.82) is 0 Å². The molecule has 3 rings (SSSR count). The molecule has 0 bridgehead atoms. The van der Waals surface area contributed by atoms with Crippen molar-refractivity contribution in [3.05, 3.63) is 54.4 Å². The van der Waals surface area contributed by atoms with E-state index >= 15 is 0 Å². The number of nitrogens with zero attached hydrogens (tertiary/aromatic N) is 5. The summed E-state index contributed by atoms with van der Waals surface area (Å²) >= 11 is 1.46. The van der Waals surface area contributed by atoms with Crippen molar-refractivity contribution in [2.45, 2.75) is 23.0 Å².